The van der Waals surface area contributed by atoms with E-state index in [2.05, 4.69) is 4.98 Å². The van der Waals surface area contributed by atoms with Crippen LogP contribution in [0.3, 0.4) is 0 Å². The first-order valence-corrected chi connectivity index (χ1v) is 5.66. The highest BCUT2D eigenvalue weighted by Crippen LogP contribution is 2.17. The van der Waals surface area contributed by atoms with Gasteiger partial charge in [-0.15, -0.1) is 0 Å². The Kier molecular flexibility index (Phi) is 4.26. The van der Waals surface area contributed by atoms with E-state index in [1.807, 2.05) is 38.3 Å². The third-order valence-electron chi connectivity index (χ3n) is 2.57. The number of hydrogen-bond acceptors (Lipinski definition) is 3. The molecule has 2 aromatic rings. The molecule has 0 aliphatic carbocycles. The Hall–Kier alpha value is -1.84. The summed E-state index contributed by atoms with van der Waals surface area (Å²) in [5.41, 5.74) is 2.42. The molecule has 0 amide bonds. The van der Waals surface area contributed by atoms with Crippen LogP contribution in [0.25, 0.3) is 5.52 Å². The van der Waals surface area contributed by atoms with Gasteiger partial charge in [0.1, 0.15) is 5.82 Å². The van der Waals surface area contributed by atoms with Crippen molar-refractivity contribution in [2.75, 3.05) is 7.11 Å². The van der Waals surface area contributed by atoms with E-state index < -0.39 is 0 Å². The lowest BCUT2D eigenvalue weighted by Crippen LogP contribution is -2.05. The highest BCUT2D eigenvalue weighted by molar-refractivity contribution is 5.92. The van der Waals surface area contributed by atoms with Crippen molar-refractivity contribution in [1.29, 1.82) is 0 Å². The van der Waals surface area contributed by atoms with E-state index in [9.17, 15) is 4.79 Å². The van der Waals surface area contributed by atoms with Crippen LogP contribution in [0.15, 0.2) is 18.5 Å². The maximum atomic E-state index is 11.4. The Morgan fingerprint density at radius 2 is 2.00 bits per heavy atom. The molecule has 2 aromatic heterocycles. The summed E-state index contributed by atoms with van der Waals surface area (Å²) in [4.78, 5) is 15.6. The number of carbonyl (C=O) groups is 1. The van der Waals surface area contributed by atoms with E-state index in [1.54, 1.807) is 12.3 Å². The number of carbonyl (C=O) groups excluding carboxylic acids is 1. The Labute approximate surface area is 101 Å². The average molecular weight is 234 g/mol. The summed E-state index contributed by atoms with van der Waals surface area (Å²) in [5.74, 6) is 0.596. The molecule has 0 saturated heterocycles. The number of nitrogens with zero attached hydrogens (tertiary/aromatic N) is 2. The van der Waals surface area contributed by atoms with Gasteiger partial charge in [0.2, 0.25) is 0 Å². The third-order valence-corrected chi connectivity index (χ3v) is 2.57. The van der Waals surface area contributed by atoms with Crippen molar-refractivity contribution in [2.45, 2.75) is 27.7 Å². The molecule has 0 aromatic carbocycles. The lowest BCUT2D eigenvalue weighted by Gasteiger charge is -2.05. The quantitative estimate of drug-likeness (QED) is 0.713. The van der Waals surface area contributed by atoms with Crippen LogP contribution >= 0.6 is 0 Å². The molecule has 0 unspecified atom stereocenters. The second-order valence-electron chi connectivity index (χ2n) is 3.41. The standard InChI is InChI=1S/C11H12N2O2.C2H6/c1-7-9(11(14)15-3)4-5-13-8(2)12-6-10(7)13;1-2/h4-6H,1-3H3;1-2H3. The summed E-state index contributed by atoms with van der Waals surface area (Å²) in [5, 5.41) is 0. The highest BCUT2D eigenvalue weighted by Gasteiger charge is 2.12. The molecule has 4 nitrogen and oxygen atoms in total. The van der Waals surface area contributed by atoms with Crippen LogP contribution in [-0.4, -0.2) is 22.5 Å². The molecule has 2 rings (SSSR count). The predicted molar refractivity (Wildman–Crippen MR) is 67.4 cm³/mol. The SMILES string of the molecule is CC.COC(=O)c1ccn2c(C)ncc2c1C. The fourth-order valence-corrected chi connectivity index (χ4v) is 1.66. The van der Waals surface area contributed by atoms with E-state index in [0.29, 0.717) is 5.56 Å². The molecule has 0 aliphatic rings. The van der Waals surface area contributed by atoms with Gasteiger partial charge in [0.15, 0.2) is 0 Å². The average Bonchev–Trinajstić information content (AvgIpc) is 2.74. The second kappa shape index (κ2) is 5.48. The maximum absolute atomic E-state index is 11.4. The van der Waals surface area contributed by atoms with E-state index >= 15 is 0 Å². The van der Waals surface area contributed by atoms with Crippen LogP contribution in [-0.2, 0) is 4.74 Å². The van der Waals surface area contributed by atoms with Gasteiger partial charge < -0.3 is 9.14 Å². The molecular formula is C13H18N2O2. The number of imidazole rings is 1. The Morgan fingerprint density at radius 1 is 1.35 bits per heavy atom. The van der Waals surface area contributed by atoms with Crippen molar-refractivity contribution in [2.24, 2.45) is 0 Å². The molecular weight excluding hydrogens is 216 g/mol. The van der Waals surface area contributed by atoms with Crippen molar-refractivity contribution in [3.63, 3.8) is 0 Å². The second-order valence-corrected chi connectivity index (χ2v) is 3.41. The van der Waals surface area contributed by atoms with Gasteiger partial charge in [-0.3, -0.25) is 0 Å². The lowest BCUT2D eigenvalue weighted by atomic mass is 10.1. The number of hydrogen-bond donors (Lipinski definition) is 0. The minimum Gasteiger partial charge on any atom is -0.465 e. The molecule has 0 aliphatic heterocycles. The van der Waals surface area contributed by atoms with Gasteiger partial charge in [0.25, 0.3) is 0 Å². The molecule has 0 radical (unpaired) electrons. The summed E-state index contributed by atoms with van der Waals surface area (Å²) in [6.45, 7) is 7.81. The Morgan fingerprint density at radius 3 is 2.59 bits per heavy atom. The summed E-state index contributed by atoms with van der Waals surface area (Å²) in [6.07, 6.45) is 3.59. The van der Waals surface area contributed by atoms with Gasteiger partial charge in [0, 0.05) is 6.20 Å². The molecule has 2 heterocycles. The molecule has 0 bridgehead atoms. The zero-order valence-corrected chi connectivity index (χ0v) is 10.9. The number of rotatable bonds is 1. The van der Waals surface area contributed by atoms with Crippen LogP contribution in [0.1, 0.15) is 35.6 Å². The summed E-state index contributed by atoms with van der Waals surface area (Å²) >= 11 is 0. The van der Waals surface area contributed by atoms with Gasteiger partial charge in [-0.25, -0.2) is 9.78 Å². The van der Waals surface area contributed by atoms with Crippen molar-refractivity contribution in [3.8, 4) is 0 Å². The summed E-state index contributed by atoms with van der Waals surface area (Å²) < 4.78 is 6.65. The molecule has 0 atom stereocenters. The van der Waals surface area contributed by atoms with Crippen LogP contribution in [0.4, 0.5) is 0 Å². The third kappa shape index (κ3) is 2.30. The van der Waals surface area contributed by atoms with E-state index in [4.69, 9.17) is 4.74 Å². The fraction of sp³-hybridized carbons (Fsp3) is 0.385. The van der Waals surface area contributed by atoms with Gasteiger partial charge in [-0.1, -0.05) is 13.8 Å². The summed E-state index contributed by atoms with van der Waals surface area (Å²) in [6, 6.07) is 1.75. The van der Waals surface area contributed by atoms with E-state index in [0.717, 1.165) is 16.9 Å². The summed E-state index contributed by atoms with van der Waals surface area (Å²) in [7, 11) is 1.38. The Balaban J connectivity index is 0.000000686. The fourth-order valence-electron chi connectivity index (χ4n) is 1.66. The molecule has 0 fully saturated rings. The topological polar surface area (TPSA) is 43.6 Å². The first-order valence-electron chi connectivity index (χ1n) is 5.66. The van der Waals surface area contributed by atoms with Crippen molar-refractivity contribution in [1.82, 2.24) is 9.38 Å². The van der Waals surface area contributed by atoms with E-state index in [-0.39, 0.29) is 5.97 Å². The maximum Gasteiger partial charge on any atom is 0.338 e. The van der Waals surface area contributed by atoms with Crippen molar-refractivity contribution >= 4 is 11.5 Å². The minimum absolute atomic E-state index is 0.311. The van der Waals surface area contributed by atoms with Crippen LogP contribution < -0.4 is 0 Å². The number of fused-ring (bicyclic) bond motifs is 1. The number of pyridine rings is 1. The number of aromatic nitrogens is 2. The Bertz CT molecular complexity index is 529. The number of ether oxygens (including phenoxy) is 1. The predicted octanol–water partition coefficient (Wildman–Crippen LogP) is 2.76. The lowest BCUT2D eigenvalue weighted by molar-refractivity contribution is 0.0600. The highest BCUT2D eigenvalue weighted by atomic mass is 16.5. The largest absolute Gasteiger partial charge is 0.465 e. The number of aryl methyl sites for hydroxylation is 2. The zero-order chi connectivity index (χ0) is 13.0. The van der Waals surface area contributed by atoms with Crippen LogP contribution in [0.5, 0.6) is 0 Å². The van der Waals surface area contributed by atoms with Gasteiger partial charge in [-0.05, 0) is 25.5 Å². The van der Waals surface area contributed by atoms with Gasteiger partial charge in [0.05, 0.1) is 24.4 Å². The number of esters is 1. The van der Waals surface area contributed by atoms with Gasteiger partial charge in [-0.2, -0.15) is 0 Å². The molecule has 0 saturated carbocycles. The van der Waals surface area contributed by atoms with Crippen molar-refractivity contribution in [3.05, 3.63) is 35.4 Å². The molecule has 0 spiro atoms. The van der Waals surface area contributed by atoms with Gasteiger partial charge >= 0.3 is 5.97 Å². The first-order chi connectivity index (χ1) is 8.15. The van der Waals surface area contributed by atoms with Crippen LogP contribution in [0.2, 0.25) is 0 Å². The molecule has 0 N–H and O–H groups in total. The normalized spacial score (nSPS) is 9.71. The molecule has 17 heavy (non-hydrogen) atoms. The monoisotopic (exact) mass is 234 g/mol. The first kappa shape index (κ1) is 13.2. The van der Waals surface area contributed by atoms with Crippen molar-refractivity contribution < 1.29 is 9.53 Å². The smallest absolute Gasteiger partial charge is 0.338 e. The van der Waals surface area contributed by atoms with E-state index in [1.165, 1.54) is 7.11 Å². The zero-order valence-electron chi connectivity index (χ0n) is 10.9. The number of methoxy groups -OCH3 is 1. The molecule has 4 heteroatoms. The minimum atomic E-state index is -0.311. The van der Waals surface area contributed by atoms with Crippen LogP contribution in [0, 0.1) is 13.8 Å². The molecule has 92 valence electrons.